The molecule has 148 valence electrons. The van der Waals surface area contributed by atoms with Crippen LogP contribution in [-0.4, -0.2) is 29.3 Å². The molecule has 1 unspecified atom stereocenters. The fourth-order valence-corrected chi connectivity index (χ4v) is 3.51. The Labute approximate surface area is 162 Å². The number of rotatable bonds is 3. The quantitative estimate of drug-likeness (QED) is 0.457. The molecule has 2 heterocycles. The van der Waals surface area contributed by atoms with E-state index >= 15 is 0 Å². The first-order valence-electron chi connectivity index (χ1n) is 8.08. The van der Waals surface area contributed by atoms with Crippen LogP contribution in [0, 0.1) is 0 Å². The third kappa shape index (κ3) is 3.51. The van der Waals surface area contributed by atoms with Crippen LogP contribution in [-0.2, 0) is 15.7 Å². The number of ether oxygens (including phenoxy) is 1. The van der Waals surface area contributed by atoms with Crippen LogP contribution in [0.25, 0.3) is 0 Å². The molecule has 6 nitrogen and oxygen atoms in total. The smallest absolute Gasteiger partial charge is 0.416 e. The molecular weight excluding hydrogens is 395 g/mol. The molecule has 1 aromatic heterocycles. The number of nitrogens with zero attached hydrogens (tertiary/aromatic N) is 1. The van der Waals surface area contributed by atoms with Gasteiger partial charge < -0.3 is 15.0 Å². The highest BCUT2D eigenvalue weighted by Crippen LogP contribution is 2.41. The Hall–Kier alpha value is -2.75. The number of fused-ring (bicyclic) bond motifs is 1. The van der Waals surface area contributed by atoms with Crippen molar-refractivity contribution in [2.24, 2.45) is 0 Å². The van der Waals surface area contributed by atoms with Gasteiger partial charge in [0, 0.05) is 5.70 Å². The van der Waals surface area contributed by atoms with Crippen LogP contribution in [0.5, 0.6) is 0 Å². The molecule has 28 heavy (non-hydrogen) atoms. The highest BCUT2D eigenvalue weighted by Gasteiger charge is 2.38. The monoisotopic (exact) mass is 411 g/mol. The van der Waals surface area contributed by atoms with Gasteiger partial charge in [-0.05, 0) is 24.8 Å². The predicted octanol–water partition coefficient (Wildman–Crippen LogP) is 3.52. The number of methoxy groups -OCH3 is 1. The molecule has 0 saturated heterocycles. The number of hydrogen-bond acceptors (Lipinski definition) is 6. The van der Waals surface area contributed by atoms with E-state index in [2.05, 4.69) is 15.3 Å². The highest BCUT2D eigenvalue weighted by atomic mass is 32.2. The van der Waals surface area contributed by atoms with E-state index in [0.717, 1.165) is 12.1 Å². The van der Waals surface area contributed by atoms with E-state index in [1.807, 2.05) is 0 Å². The summed E-state index contributed by atoms with van der Waals surface area (Å²) in [7, 11) is 1.17. The summed E-state index contributed by atoms with van der Waals surface area (Å²) < 4.78 is 44.4. The Bertz CT molecular complexity index is 1030. The molecular formula is C18H16F3N3O3S. The molecule has 0 amide bonds. The molecule has 0 aliphatic carbocycles. The molecule has 0 fully saturated rings. The number of hydrogen-bond donors (Lipinski definition) is 2. The minimum absolute atomic E-state index is 0.0542. The second-order valence-corrected chi connectivity index (χ2v) is 6.84. The number of allylic oxidation sites excluding steroid dienone is 1. The number of anilines is 1. The van der Waals surface area contributed by atoms with Crippen LogP contribution in [0.2, 0.25) is 0 Å². The Kier molecular flexibility index (Phi) is 5.24. The number of halogens is 3. The van der Waals surface area contributed by atoms with Crippen LogP contribution < -0.4 is 10.9 Å². The van der Waals surface area contributed by atoms with Gasteiger partial charge >= 0.3 is 12.1 Å². The normalized spacial score (nSPS) is 16.4. The summed E-state index contributed by atoms with van der Waals surface area (Å²) in [4.78, 5) is 32.0. The third-order valence-electron chi connectivity index (χ3n) is 4.37. The van der Waals surface area contributed by atoms with Crippen molar-refractivity contribution in [2.75, 3.05) is 18.7 Å². The SMILES string of the molecule is COC(=O)C1=C(C)Nc2nc(SC)[nH]c(=O)c2C1c1cccc(C(F)(F)F)c1. The Morgan fingerprint density at radius 2 is 2.04 bits per heavy atom. The zero-order chi connectivity index (χ0) is 20.6. The van der Waals surface area contributed by atoms with Crippen molar-refractivity contribution in [2.45, 2.75) is 24.2 Å². The average Bonchev–Trinajstić information content (AvgIpc) is 2.65. The van der Waals surface area contributed by atoms with E-state index in [1.165, 1.54) is 31.0 Å². The molecule has 10 heteroatoms. The minimum atomic E-state index is -4.57. The first-order valence-corrected chi connectivity index (χ1v) is 9.31. The lowest BCUT2D eigenvalue weighted by Crippen LogP contribution is -2.31. The fraction of sp³-hybridized carbons (Fsp3) is 0.278. The van der Waals surface area contributed by atoms with E-state index < -0.39 is 29.2 Å². The number of alkyl halides is 3. The number of benzene rings is 1. The van der Waals surface area contributed by atoms with Gasteiger partial charge in [-0.15, -0.1) is 0 Å². The van der Waals surface area contributed by atoms with Crippen molar-refractivity contribution in [1.29, 1.82) is 0 Å². The second kappa shape index (κ2) is 7.34. The number of aromatic amines is 1. The van der Waals surface area contributed by atoms with Crippen molar-refractivity contribution >= 4 is 23.5 Å². The number of aromatic nitrogens is 2. The fourth-order valence-electron chi connectivity index (χ4n) is 3.14. The maximum absolute atomic E-state index is 13.2. The second-order valence-electron chi connectivity index (χ2n) is 6.05. The largest absolute Gasteiger partial charge is 0.466 e. The van der Waals surface area contributed by atoms with Crippen LogP contribution in [0.1, 0.15) is 29.5 Å². The molecule has 0 spiro atoms. The predicted molar refractivity (Wildman–Crippen MR) is 98.3 cm³/mol. The van der Waals surface area contributed by atoms with Gasteiger partial charge in [-0.3, -0.25) is 4.79 Å². The maximum atomic E-state index is 13.2. The van der Waals surface area contributed by atoms with Crippen molar-refractivity contribution in [1.82, 2.24) is 9.97 Å². The van der Waals surface area contributed by atoms with E-state index in [0.29, 0.717) is 10.9 Å². The lowest BCUT2D eigenvalue weighted by molar-refractivity contribution is -0.137. The van der Waals surface area contributed by atoms with E-state index in [1.54, 1.807) is 13.2 Å². The Morgan fingerprint density at radius 3 is 2.64 bits per heavy atom. The van der Waals surface area contributed by atoms with E-state index in [-0.39, 0.29) is 22.5 Å². The van der Waals surface area contributed by atoms with Gasteiger partial charge in [0.05, 0.1) is 29.7 Å². The summed E-state index contributed by atoms with van der Waals surface area (Å²) >= 11 is 1.21. The van der Waals surface area contributed by atoms with Crippen molar-refractivity contribution in [3.63, 3.8) is 0 Å². The van der Waals surface area contributed by atoms with Gasteiger partial charge in [0.1, 0.15) is 5.82 Å². The zero-order valence-electron chi connectivity index (χ0n) is 15.1. The number of nitrogens with one attached hydrogen (secondary N) is 2. The topological polar surface area (TPSA) is 84.1 Å². The molecule has 0 radical (unpaired) electrons. The number of carbonyl (C=O) groups is 1. The summed E-state index contributed by atoms with van der Waals surface area (Å²) in [6.45, 7) is 1.58. The van der Waals surface area contributed by atoms with Crippen LogP contribution in [0.3, 0.4) is 0 Å². The molecule has 1 aliphatic rings. The summed E-state index contributed by atoms with van der Waals surface area (Å²) in [5, 5.41) is 3.24. The standard InChI is InChI=1S/C18H16F3N3O3S/c1-8-11(16(26)27-2)12(9-5-4-6-10(7-9)18(19,20)21)13-14(22-8)23-17(28-3)24-15(13)25/h4-7,12H,1-3H3,(H2,22,23,24,25). The van der Waals surface area contributed by atoms with Crippen molar-refractivity contribution in [3.8, 4) is 0 Å². The summed E-state index contributed by atoms with van der Waals surface area (Å²) in [5.41, 5.74) is -0.815. The first-order chi connectivity index (χ1) is 13.2. The van der Waals surface area contributed by atoms with Crippen LogP contribution >= 0.6 is 11.8 Å². The Balaban J connectivity index is 2.30. The Morgan fingerprint density at radius 1 is 1.32 bits per heavy atom. The summed E-state index contributed by atoms with van der Waals surface area (Å²) in [5.74, 6) is -1.61. The number of thioether (sulfide) groups is 1. The van der Waals surface area contributed by atoms with Crippen molar-refractivity contribution in [3.05, 3.63) is 62.6 Å². The van der Waals surface area contributed by atoms with Gasteiger partial charge in [0.2, 0.25) is 0 Å². The molecule has 1 aliphatic heterocycles. The number of esters is 1. The van der Waals surface area contributed by atoms with Crippen molar-refractivity contribution < 1.29 is 22.7 Å². The van der Waals surface area contributed by atoms with Crippen LogP contribution in [0.4, 0.5) is 19.0 Å². The molecule has 2 aromatic rings. The molecule has 1 atom stereocenters. The lowest BCUT2D eigenvalue weighted by Gasteiger charge is -2.28. The van der Waals surface area contributed by atoms with Gasteiger partial charge in [0.15, 0.2) is 5.16 Å². The zero-order valence-corrected chi connectivity index (χ0v) is 15.9. The summed E-state index contributed by atoms with van der Waals surface area (Å²) in [6, 6.07) is 4.53. The summed E-state index contributed by atoms with van der Waals surface area (Å²) in [6.07, 6.45) is -2.84. The molecule has 0 saturated carbocycles. The lowest BCUT2D eigenvalue weighted by atomic mass is 9.82. The molecule has 0 bridgehead atoms. The van der Waals surface area contributed by atoms with Gasteiger partial charge in [0.25, 0.3) is 5.56 Å². The maximum Gasteiger partial charge on any atom is 0.416 e. The van der Waals surface area contributed by atoms with Gasteiger partial charge in [-0.25, -0.2) is 9.78 Å². The van der Waals surface area contributed by atoms with E-state index in [4.69, 9.17) is 4.74 Å². The van der Waals surface area contributed by atoms with Crippen LogP contribution in [0.15, 0.2) is 45.5 Å². The molecule has 2 N–H and O–H groups in total. The molecule has 3 rings (SSSR count). The van der Waals surface area contributed by atoms with Gasteiger partial charge in [-0.1, -0.05) is 30.0 Å². The highest BCUT2D eigenvalue weighted by molar-refractivity contribution is 7.98. The average molecular weight is 411 g/mol. The first kappa shape index (κ1) is 20.0. The van der Waals surface area contributed by atoms with Gasteiger partial charge in [-0.2, -0.15) is 13.2 Å². The molecule has 1 aromatic carbocycles. The third-order valence-corrected chi connectivity index (χ3v) is 4.95. The number of carbonyl (C=O) groups excluding carboxylic acids is 1. The number of H-pyrrole nitrogens is 1. The van der Waals surface area contributed by atoms with E-state index in [9.17, 15) is 22.8 Å². The minimum Gasteiger partial charge on any atom is -0.466 e.